The van der Waals surface area contributed by atoms with Crippen LogP contribution in [0.5, 0.6) is 0 Å². The molecule has 0 spiro atoms. The van der Waals surface area contributed by atoms with E-state index in [9.17, 15) is 9.59 Å². The Morgan fingerprint density at radius 3 is 2.16 bits per heavy atom. The maximum atomic E-state index is 11.8. The molecule has 1 atom stereocenters. The van der Waals surface area contributed by atoms with E-state index in [1.807, 2.05) is 19.1 Å². The summed E-state index contributed by atoms with van der Waals surface area (Å²) in [6.45, 7) is 3.58. The number of aryl methyl sites for hydroxylation is 1. The van der Waals surface area contributed by atoms with E-state index in [1.54, 1.807) is 19.1 Å². The van der Waals surface area contributed by atoms with Gasteiger partial charge in [0.1, 0.15) is 4.33 Å². The summed E-state index contributed by atoms with van der Waals surface area (Å²) >= 11 is 11.8. The monoisotopic (exact) mass is 300 g/mol. The molecule has 1 fully saturated rings. The molecule has 0 saturated heterocycles. The van der Waals surface area contributed by atoms with E-state index in [2.05, 4.69) is 10.9 Å². The molecule has 2 N–H and O–H groups in total. The van der Waals surface area contributed by atoms with Crippen LogP contribution in [0, 0.1) is 12.3 Å². The number of halogens is 2. The Labute approximate surface area is 121 Å². The predicted molar refractivity (Wildman–Crippen MR) is 73.9 cm³/mol. The smallest absolute Gasteiger partial charge is 0.269 e. The fourth-order valence-corrected chi connectivity index (χ4v) is 2.38. The van der Waals surface area contributed by atoms with Crippen LogP contribution in [0.3, 0.4) is 0 Å². The SMILES string of the molecule is Cc1ccc(C(=O)NNC(=O)C2(C)CC2(Cl)Cl)cc1. The Bertz CT molecular complexity index is 528. The van der Waals surface area contributed by atoms with Gasteiger partial charge in [0.25, 0.3) is 5.91 Å². The summed E-state index contributed by atoms with van der Waals surface area (Å²) in [6, 6.07) is 7.01. The molecule has 0 aromatic heterocycles. The second-order valence-electron chi connectivity index (χ2n) is 4.99. The second kappa shape index (κ2) is 4.69. The first-order chi connectivity index (χ1) is 8.76. The Balaban J connectivity index is 1.91. The van der Waals surface area contributed by atoms with Crippen LogP contribution in [0.1, 0.15) is 29.3 Å². The summed E-state index contributed by atoms with van der Waals surface area (Å²) in [5.41, 5.74) is 5.37. The van der Waals surface area contributed by atoms with Gasteiger partial charge in [-0.1, -0.05) is 17.7 Å². The van der Waals surface area contributed by atoms with Crippen molar-refractivity contribution in [1.82, 2.24) is 10.9 Å². The van der Waals surface area contributed by atoms with Crippen molar-refractivity contribution < 1.29 is 9.59 Å². The highest BCUT2D eigenvalue weighted by molar-refractivity contribution is 6.53. The third-order valence-corrected chi connectivity index (χ3v) is 4.46. The van der Waals surface area contributed by atoms with E-state index in [1.165, 1.54) is 0 Å². The molecule has 0 bridgehead atoms. The van der Waals surface area contributed by atoms with Crippen molar-refractivity contribution >= 4 is 35.0 Å². The summed E-state index contributed by atoms with van der Waals surface area (Å²) < 4.78 is -1.05. The molecule has 2 amide bonds. The highest BCUT2D eigenvalue weighted by atomic mass is 35.5. The van der Waals surface area contributed by atoms with E-state index < -0.39 is 15.7 Å². The van der Waals surface area contributed by atoms with E-state index in [4.69, 9.17) is 23.2 Å². The van der Waals surface area contributed by atoms with Gasteiger partial charge in [-0.15, -0.1) is 23.2 Å². The molecule has 1 aliphatic carbocycles. The first-order valence-corrected chi connectivity index (χ1v) is 6.57. The third kappa shape index (κ3) is 2.69. The van der Waals surface area contributed by atoms with Crippen LogP contribution in [0.25, 0.3) is 0 Å². The molecule has 1 aromatic rings. The summed E-state index contributed by atoms with van der Waals surface area (Å²) in [5, 5.41) is 0. The number of hydrogen-bond acceptors (Lipinski definition) is 2. The van der Waals surface area contributed by atoms with Gasteiger partial charge in [-0.3, -0.25) is 20.4 Å². The number of nitrogens with one attached hydrogen (secondary N) is 2. The third-order valence-electron chi connectivity index (χ3n) is 3.36. The Kier molecular flexibility index (Phi) is 3.49. The van der Waals surface area contributed by atoms with Crippen LogP contribution in [0.2, 0.25) is 0 Å². The van der Waals surface area contributed by atoms with Crippen molar-refractivity contribution in [3.63, 3.8) is 0 Å². The molecule has 2 rings (SSSR count). The van der Waals surface area contributed by atoms with Crippen LogP contribution in [0.15, 0.2) is 24.3 Å². The quantitative estimate of drug-likeness (QED) is 0.650. The number of rotatable bonds is 2. The van der Waals surface area contributed by atoms with Crippen LogP contribution in [-0.4, -0.2) is 16.1 Å². The lowest BCUT2D eigenvalue weighted by atomic mass is 10.1. The Morgan fingerprint density at radius 1 is 1.16 bits per heavy atom. The summed E-state index contributed by atoms with van der Waals surface area (Å²) in [7, 11) is 0. The standard InChI is InChI=1S/C13H14Cl2N2O2/c1-8-3-5-9(6-4-8)10(18)16-17-11(19)12(2)7-13(12,14)15/h3-6H,7H2,1-2H3,(H,16,18)(H,17,19). The van der Waals surface area contributed by atoms with Crippen molar-refractivity contribution in [3.8, 4) is 0 Å². The molecule has 102 valence electrons. The largest absolute Gasteiger partial charge is 0.273 e. The highest BCUT2D eigenvalue weighted by Crippen LogP contribution is 2.63. The van der Waals surface area contributed by atoms with Crippen molar-refractivity contribution in [2.45, 2.75) is 24.6 Å². The molecule has 0 heterocycles. The summed E-state index contributed by atoms with van der Waals surface area (Å²) in [4.78, 5) is 23.6. The highest BCUT2D eigenvalue weighted by Gasteiger charge is 2.68. The Morgan fingerprint density at radius 2 is 1.68 bits per heavy atom. The van der Waals surface area contributed by atoms with Crippen molar-refractivity contribution in [1.29, 1.82) is 0 Å². The van der Waals surface area contributed by atoms with E-state index >= 15 is 0 Å². The minimum Gasteiger partial charge on any atom is -0.273 e. The zero-order chi connectivity index (χ0) is 14.3. The normalized spacial score (nSPS) is 23.6. The average molecular weight is 301 g/mol. The first kappa shape index (κ1) is 14.2. The van der Waals surface area contributed by atoms with Gasteiger partial charge < -0.3 is 0 Å². The van der Waals surface area contributed by atoms with Gasteiger partial charge in [-0.25, -0.2) is 0 Å². The molecule has 4 nitrogen and oxygen atoms in total. The summed E-state index contributed by atoms with van der Waals surface area (Å²) in [5.74, 6) is -0.773. The van der Waals surface area contributed by atoms with Crippen LogP contribution in [0.4, 0.5) is 0 Å². The zero-order valence-corrected chi connectivity index (χ0v) is 12.1. The molecular formula is C13H14Cl2N2O2. The fourth-order valence-electron chi connectivity index (χ4n) is 1.67. The maximum Gasteiger partial charge on any atom is 0.269 e. The van der Waals surface area contributed by atoms with Crippen molar-refractivity contribution in [3.05, 3.63) is 35.4 Å². The second-order valence-corrected chi connectivity index (χ2v) is 6.47. The van der Waals surface area contributed by atoms with Gasteiger partial charge in [0.15, 0.2) is 0 Å². The van der Waals surface area contributed by atoms with E-state index in [0.29, 0.717) is 12.0 Å². The minimum absolute atomic E-state index is 0.370. The molecule has 19 heavy (non-hydrogen) atoms. The number of alkyl halides is 2. The molecule has 0 aliphatic heterocycles. The molecular weight excluding hydrogens is 287 g/mol. The van der Waals surface area contributed by atoms with Gasteiger partial charge >= 0.3 is 0 Å². The van der Waals surface area contributed by atoms with Crippen molar-refractivity contribution in [2.24, 2.45) is 5.41 Å². The topological polar surface area (TPSA) is 58.2 Å². The fraction of sp³-hybridized carbons (Fsp3) is 0.385. The van der Waals surface area contributed by atoms with E-state index in [-0.39, 0.29) is 5.91 Å². The van der Waals surface area contributed by atoms with Gasteiger partial charge in [-0.2, -0.15) is 0 Å². The molecule has 1 aliphatic rings. The number of carbonyl (C=O) groups is 2. The van der Waals surface area contributed by atoms with Gasteiger partial charge in [0.2, 0.25) is 5.91 Å². The molecule has 0 radical (unpaired) electrons. The first-order valence-electron chi connectivity index (χ1n) is 5.81. The van der Waals surface area contributed by atoms with Crippen LogP contribution in [-0.2, 0) is 4.79 Å². The van der Waals surface area contributed by atoms with Gasteiger partial charge in [0.05, 0.1) is 5.41 Å². The number of carbonyl (C=O) groups excluding carboxylic acids is 2. The lowest BCUT2D eigenvalue weighted by molar-refractivity contribution is -0.126. The van der Waals surface area contributed by atoms with Crippen LogP contribution >= 0.6 is 23.2 Å². The van der Waals surface area contributed by atoms with E-state index in [0.717, 1.165) is 5.56 Å². The van der Waals surface area contributed by atoms with Crippen molar-refractivity contribution in [2.75, 3.05) is 0 Å². The minimum atomic E-state index is -1.05. The lowest BCUT2D eigenvalue weighted by Gasteiger charge is -2.13. The molecule has 1 saturated carbocycles. The maximum absolute atomic E-state index is 11.8. The number of benzene rings is 1. The summed E-state index contributed by atoms with van der Waals surface area (Å²) in [6.07, 6.45) is 0.370. The molecule has 1 unspecified atom stereocenters. The van der Waals surface area contributed by atoms with Crippen LogP contribution < -0.4 is 10.9 Å². The average Bonchev–Trinajstić information content (AvgIpc) is 2.87. The number of amides is 2. The molecule has 6 heteroatoms. The predicted octanol–water partition coefficient (Wildman–Crippen LogP) is 2.34. The van der Waals surface area contributed by atoms with Gasteiger partial charge in [0, 0.05) is 5.56 Å². The van der Waals surface area contributed by atoms with Gasteiger partial charge in [-0.05, 0) is 32.4 Å². The lowest BCUT2D eigenvalue weighted by Crippen LogP contribution is -2.45. The number of hydrazine groups is 1. The zero-order valence-electron chi connectivity index (χ0n) is 10.6. The Hall–Kier alpha value is -1.26. The molecule has 1 aromatic carbocycles. The number of hydrogen-bond donors (Lipinski definition) is 2.